The Morgan fingerprint density at radius 2 is 1.97 bits per heavy atom. The third-order valence-corrected chi connectivity index (χ3v) is 5.56. The summed E-state index contributed by atoms with van der Waals surface area (Å²) in [5.41, 5.74) is 1.47. The summed E-state index contributed by atoms with van der Waals surface area (Å²) in [6.45, 7) is 6.10. The number of anilines is 1. The molecular formula is C19H27N9O. The molecule has 3 aromatic heterocycles. The zero-order chi connectivity index (χ0) is 20.4. The van der Waals surface area contributed by atoms with Gasteiger partial charge in [-0.2, -0.15) is 0 Å². The number of aromatic nitrogens is 7. The van der Waals surface area contributed by atoms with Gasteiger partial charge in [0, 0.05) is 18.0 Å². The minimum absolute atomic E-state index is 0.0171. The van der Waals surface area contributed by atoms with Crippen molar-refractivity contribution in [2.45, 2.75) is 64.6 Å². The maximum absolute atomic E-state index is 12.8. The molecule has 10 nitrogen and oxygen atoms in total. The van der Waals surface area contributed by atoms with Crippen LogP contribution in [0.4, 0.5) is 5.82 Å². The van der Waals surface area contributed by atoms with Crippen LogP contribution in [0.25, 0.3) is 11.2 Å². The number of nitrogens with zero attached hydrogens (tertiary/aromatic N) is 6. The first kappa shape index (κ1) is 19.3. The average molecular weight is 397 g/mol. The molecule has 0 aromatic carbocycles. The predicted octanol–water partition coefficient (Wildman–Crippen LogP) is 2.37. The van der Waals surface area contributed by atoms with Crippen LogP contribution in [-0.2, 0) is 4.79 Å². The Morgan fingerprint density at radius 3 is 2.72 bits per heavy atom. The van der Waals surface area contributed by atoms with Gasteiger partial charge in [-0.1, -0.05) is 0 Å². The monoisotopic (exact) mass is 397 g/mol. The Bertz CT molecular complexity index is 971. The van der Waals surface area contributed by atoms with Gasteiger partial charge in [0.1, 0.15) is 18.2 Å². The highest BCUT2D eigenvalue weighted by atomic mass is 16.2. The van der Waals surface area contributed by atoms with Crippen molar-refractivity contribution in [3.63, 3.8) is 0 Å². The molecule has 29 heavy (non-hydrogen) atoms. The molecule has 4 rings (SSSR count). The van der Waals surface area contributed by atoms with Crippen LogP contribution in [-0.4, -0.2) is 46.6 Å². The van der Waals surface area contributed by atoms with Gasteiger partial charge in [-0.25, -0.2) is 15.0 Å². The number of fused-ring (bicyclic) bond motifs is 1. The van der Waals surface area contributed by atoms with E-state index in [4.69, 9.17) is 0 Å². The molecule has 3 heterocycles. The van der Waals surface area contributed by atoms with E-state index in [9.17, 15) is 4.79 Å². The van der Waals surface area contributed by atoms with Crippen LogP contribution in [0.3, 0.4) is 0 Å². The molecule has 154 valence electrons. The summed E-state index contributed by atoms with van der Waals surface area (Å²) in [5, 5.41) is 14.8. The number of carbonyl (C=O) groups excluding carboxylic acids is 1. The smallest absolute Gasteiger partial charge is 0.223 e. The molecule has 3 N–H and O–H groups in total. The second-order valence-electron chi connectivity index (χ2n) is 7.94. The predicted molar refractivity (Wildman–Crippen MR) is 108 cm³/mol. The Labute approximate surface area is 168 Å². The summed E-state index contributed by atoms with van der Waals surface area (Å²) in [7, 11) is 0. The first-order valence-corrected chi connectivity index (χ1v) is 10.1. The Hall–Kier alpha value is -3.04. The molecule has 0 spiro atoms. The van der Waals surface area contributed by atoms with Crippen LogP contribution in [0.2, 0.25) is 0 Å². The van der Waals surface area contributed by atoms with E-state index in [1.165, 1.54) is 6.33 Å². The molecule has 0 radical (unpaired) electrons. The molecule has 0 bridgehead atoms. The maximum atomic E-state index is 12.8. The molecule has 1 aliphatic rings. The number of hydrogen-bond acceptors (Lipinski definition) is 7. The number of amides is 1. The first-order chi connectivity index (χ1) is 14.0. The van der Waals surface area contributed by atoms with Gasteiger partial charge in [0.15, 0.2) is 17.3 Å². The van der Waals surface area contributed by atoms with E-state index in [1.54, 1.807) is 12.7 Å². The largest absolute Gasteiger partial charge is 0.365 e. The second-order valence-corrected chi connectivity index (χ2v) is 7.94. The van der Waals surface area contributed by atoms with Crippen LogP contribution in [0.5, 0.6) is 0 Å². The fourth-order valence-electron chi connectivity index (χ4n) is 3.92. The molecule has 1 unspecified atom stereocenters. The van der Waals surface area contributed by atoms with Crippen molar-refractivity contribution in [2.24, 2.45) is 5.92 Å². The second kappa shape index (κ2) is 8.14. The number of hydrogen-bond donors (Lipinski definition) is 3. The molecule has 1 aliphatic carbocycles. The van der Waals surface area contributed by atoms with Gasteiger partial charge in [-0.3, -0.25) is 4.79 Å². The molecule has 1 atom stereocenters. The highest BCUT2D eigenvalue weighted by Crippen LogP contribution is 2.28. The van der Waals surface area contributed by atoms with E-state index < -0.39 is 0 Å². The lowest BCUT2D eigenvalue weighted by Gasteiger charge is -2.29. The first-order valence-electron chi connectivity index (χ1n) is 10.1. The van der Waals surface area contributed by atoms with Crippen molar-refractivity contribution < 1.29 is 4.79 Å². The van der Waals surface area contributed by atoms with Gasteiger partial charge in [0.05, 0.1) is 12.4 Å². The minimum Gasteiger partial charge on any atom is -0.365 e. The lowest BCUT2D eigenvalue weighted by Crippen LogP contribution is -2.37. The number of imidazole rings is 1. The molecule has 0 saturated heterocycles. The van der Waals surface area contributed by atoms with Crippen molar-refractivity contribution in [2.75, 3.05) is 5.32 Å². The highest BCUT2D eigenvalue weighted by Gasteiger charge is 2.28. The van der Waals surface area contributed by atoms with E-state index in [-0.39, 0.29) is 30.0 Å². The van der Waals surface area contributed by atoms with Gasteiger partial charge >= 0.3 is 0 Å². The van der Waals surface area contributed by atoms with Crippen molar-refractivity contribution in [3.05, 3.63) is 24.8 Å². The maximum Gasteiger partial charge on any atom is 0.223 e. The summed E-state index contributed by atoms with van der Waals surface area (Å²) in [6.07, 6.45) is 8.34. The van der Waals surface area contributed by atoms with Crippen LogP contribution >= 0.6 is 0 Å². The quantitative estimate of drug-likeness (QED) is 0.583. The summed E-state index contributed by atoms with van der Waals surface area (Å²) < 4.78 is 1.99. The zero-order valence-corrected chi connectivity index (χ0v) is 17.0. The van der Waals surface area contributed by atoms with Crippen LogP contribution in [0, 0.1) is 5.92 Å². The third kappa shape index (κ3) is 4.06. The van der Waals surface area contributed by atoms with E-state index in [0.29, 0.717) is 5.65 Å². The molecule has 0 aliphatic heterocycles. The van der Waals surface area contributed by atoms with Crippen LogP contribution in [0.15, 0.2) is 19.0 Å². The lowest BCUT2D eigenvalue weighted by molar-refractivity contribution is -0.126. The van der Waals surface area contributed by atoms with Crippen molar-refractivity contribution in [1.82, 2.24) is 40.0 Å². The molecule has 1 fully saturated rings. The highest BCUT2D eigenvalue weighted by molar-refractivity contribution is 5.82. The number of rotatable bonds is 6. The van der Waals surface area contributed by atoms with E-state index in [0.717, 1.165) is 42.8 Å². The minimum atomic E-state index is -0.169. The SMILES string of the molecule is CC(NC(=O)C1CCC(Nc2ncnc3nc[nH]c23)CC1)c1nncn1C(C)C. The van der Waals surface area contributed by atoms with Crippen LogP contribution < -0.4 is 10.6 Å². The average Bonchev–Trinajstić information content (AvgIpc) is 3.38. The standard InChI is InChI=1S/C19H27N9O/c1-11(2)28-10-24-27-18(28)12(3)25-19(29)13-4-6-14(7-5-13)26-17-15-16(21-8-20-15)22-9-23-17/h8-14H,4-7H2,1-3H3,(H,25,29)(H2,20,21,22,23,26). The fraction of sp³-hybridized carbons (Fsp3) is 0.579. The van der Waals surface area contributed by atoms with Crippen molar-refractivity contribution in [3.8, 4) is 0 Å². The molecule has 10 heteroatoms. The van der Waals surface area contributed by atoms with Gasteiger partial charge in [0.25, 0.3) is 0 Å². The summed E-state index contributed by atoms with van der Waals surface area (Å²) in [6, 6.07) is 0.365. The summed E-state index contributed by atoms with van der Waals surface area (Å²) in [5.74, 6) is 1.66. The topological polar surface area (TPSA) is 126 Å². The van der Waals surface area contributed by atoms with E-state index in [2.05, 4.69) is 54.6 Å². The van der Waals surface area contributed by atoms with Gasteiger partial charge in [-0.05, 0) is 46.5 Å². The molecule has 1 amide bonds. The Morgan fingerprint density at radius 1 is 1.17 bits per heavy atom. The number of nitrogens with one attached hydrogen (secondary N) is 3. The molecule has 1 saturated carbocycles. The van der Waals surface area contributed by atoms with Crippen molar-refractivity contribution in [1.29, 1.82) is 0 Å². The van der Waals surface area contributed by atoms with E-state index >= 15 is 0 Å². The Balaban J connectivity index is 1.31. The van der Waals surface area contributed by atoms with Gasteiger partial charge in [-0.15, -0.1) is 10.2 Å². The fourth-order valence-corrected chi connectivity index (χ4v) is 3.92. The Kier molecular flexibility index (Phi) is 5.41. The summed E-state index contributed by atoms with van der Waals surface area (Å²) >= 11 is 0. The molecular weight excluding hydrogens is 370 g/mol. The van der Waals surface area contributed by atoms with E-state index in [1.807, 2.05) is 11.5 Å². The number of H-pyrrole nitrogens is 1. The lowest BCUT2D eigenvalue weighted by atomic mass is 9.85. The normalized spacial score (nSPS) is 20.7. The van der Waals surface area contributed by atoms with Gasteiger partial charge < -0.3 is 20.2 Å². The third-order valence-electron chi connectivity index (χ3n) is 5.56. The zero-order valence-electron chi connectivity index (χ0n) is 17.0. The number of carbonyl (C=O) groups is 1. The van der Waals surface area contributed by atoms with Gasteiger partial charge in [0.2, 0.25) is 5.91 Å². The van der Waals surface area contributed by atoms with Crippen molar-refractivity contribution >= 4 is 22.9 Å². The number of aromatic amines is 1. The summed E-state index contributed by atoms with van der Waals surface area (Å²) in [4.78, 5) is 28.5. The molecule has 3 aromatic rings. The van der Waals surface area contributed by atoms with Crippen LogP contribution in [0.1, 0.15) is 64.4 Å².